The van der Waals surface area contributed by atoms with Gasteiger partial charge in [-0.05, 0) is 49.0 Å². The van der Waals surface area contributed by atoms with Crippen molar-refractivity contribution in [3.63, 3.8) is 0 Å². The molecule has 5 aromatic rings. The molecule has 0 radical (unpaired) electrons. The van der Waals surface area contributed by atoms with Crippen LogP contribution >= 0.6 is 11.8 Å². The molecule has 10 heteroatoms. The van der Waals surface area contributed by atoms with Crippen LogP contribution in [0.5, 0.6) is 0 Å². The Kier molecular flexibility index (Phi) is 5.19. The second-order valence-corrected chi connectivity index (χ2v) is 9.46. The number of fused-ring (bicyclic) bond motifs is 2. The zero-order valence-corrected chi connectivity index (χ0v) is 19.5. The molecule has 1 aromatic carbocycles. The van der Waals surface area contributed by atoms with E-state index in [1.165, 1.54) is 17.8 Å². The summed E-state index contributed by atoms with van der Waals surface area (Å²) in [6.45, 7) is 4.44. The molecule has 1 aliphatic rings. The van der Waals surface area contributed by atoms with Crippen LogP contribution in [0.3, 0.4) is 0 Å². The average molecular weight is 476 g/mol. The van der Waals surface area contributed by atoms with Crippen molar-refractivity contribution < 1.29 is 9.13 Å². The lowest BCUT2D eigenvalue weighted by Crippen LogP contribution is -2.43. The predicted molar refractivity (Wildman–Crippen MR) is 129 cm³/mol. The van der Waals surface area contributed by atoms with Gasteiger partial charge in [-0.1, -0.05) is 0 Å². The molecule has 0 spiro atoms. The van der Waals surface area contributed by atoms with E-state index in [0.29, 0.717) is 23.4 Å². The molecule has 1 atom stereocenters. The quantitative estimate of drug-likeness (QED) is 0.386. The SMILES string of the molecule is CC1COCCN1c1cnc2ccc(Sc3nnc4c(F)cc(-c5cnn(C)c5)cn34)cc2c1. The summed E-state index contributed by atoms with van der Waals surface area (Å²) in [5.41, 5.74) is 3.74. The molecule has 1 fully saturated rings. The standard InChI is InChI=1S/C24H22FN7OS/c1-15-14-33-6-5-31(15)19-7-16-8-20(3-4-22(16)26-11-19)34-24-29-28-23-21(25)9-17(13-32(23)24)18-10-27-30(2)12-18/h3-4,7-13,15H,5-6,14H2,1-2H3. The van der Waals surface area contributed by atoms with E-state index in [4.69, 9.17) is 4.74 Å². The number of rotatable bonds is 4. The van der Waals surface area contributed by atoms with Crippen LogP contribution < -0.4 is 4.90 Å². The summed E-state index contributed by atoms with van der Waals surface area (Å²) in [5, 5.41) is 14.1. The lowest BCUT2D eigenvalue weighted by atomic mass is 10.1. The van der Waals surface area contributed by atoms with Crippen molar-refractivity contribution in [2.75, 3.05) is 24.7 Å². The van der Waals surface area contributed by atoms with Gasteiger partial charge < -0.3 is 9.64 Å². The molecule has 1 unspecified atom stereocenters. The van der Waals surface area contributed by atoms with E-state index in [9.17, 15) is 4.39 Å². The fraction of sp³-hybridized carbons (Fsp3) is 0.250. The van der Waals surface area contributed by atoms with Crippen LogP contribution in [0.15, 0.2) is 65.2 Å². The van der Waals surface area contributed by atoms with Crippen LogP contribution in [-0.4, -0.2) is 55.2 Å². The smallest absolute Gasteiger partial charge is 0.200 e. The Labute approximate surface area is 199 Å². The van der Waals surface area contributed by atoms with Gasteiger partial charge in [-0.25, -0.2) is 4.39 Å². The van der Waals surface area contributed by atoms with Crippen LogP contribution in [0.2, 0.25) is 0 Å². The number of halogens is 1. The molecule has 0 amide bonds. The number of benzene rings is 1. The summed E-state index contributed by atoms with van der Waals surface area (Å²) < 4.78 is 23.7. The molecule has 5 heterocycles. The maximum absolute atomic E-state index is 14.8. The minimum Gasteiger partial charge on any atom is -0.377 e. The highest BCUT2D eigenvalue weighted by Gasteiger charge is 2.20. The zero-order chi connectivity index (χ0) is 23.2. The number of nitrogens with zero attached hydrogens (tertiary/aromatic N) is 7. The number of morpholine rings is 1. The second-order valence-electron chi connectivity index (χ2n) is 8.42. The number of anilines is 1. The number of aromatic nitrogens is 6. The van der Waals surface area contributed by atoms with Gasteiger partial charge in [0.15, 0.2) is 11.5 Å². The van der Waals surface area contributed by atoms with Crippen LogP contribution in [0.4, 0.5) is 10.1 Å². The number of hydrogen-bond donors (Lipinski definition) is 0. The second kappa shape index (κ2) is 8.37. The third kappa shape index (κ3) is 3.78. The van der Waals surface area contributed by atoms with Gasteiger partial charge in [0.05, 0.1) is 36.8 Å². The lowest BCUT2D eigenvalue weighted by Gasteiger charge is -2.35. The van der Waals surface area contributed by atoms with E-state index in [1.807, 2.05) is 37.8 Å². The Morgan fingerprint density at radius 2 is 2.00 bits per heavy atom. The molecule has 4 aromatic heterocycles. The lowest BCUT2D eigenvalue weighted by molar-refractivity contribution is 0.0989. The van der Waals surface area contributed by atoms with Gasteiger partial charge in [-0.3, -0.25) is 14.1 Å². The van der Waals surface area contributed by atoms with E-state index in [0.717, 1.165) is 40.2 Å². The minimum atomic E-state index is -0.423. The molecule has 0 aliphatic carbocycles. The summed E-state index contributed by atoms with van der Waals surface area (Å²) in [6, 6.07) is 10.0. The van der Waals surface area contributed by atoms with Gasteiger partial charge >= 0.3 is 0 Å². The first-order valence-corrected chi connectivity index (χ1v) is 11.8. The first kappa shape index (κ1) is 21.1. The third-order valence-electron chi connectivity index (χ3n) is 6.01. The Hall–Kier alpha value is -3.50. The van der Waals surface area contributed by atoms with Gasteiger partial charge in [-0.2, -0.15) is 5.10 Å². The van der Waals surface area contributed by atoms with Gasteiger partial charge in [-0.15, -0.1) is 10.2 Å². The molecule has 1 aliphatic heterocycles. The van der Waals surface area contributed by atoms with Crippen molar-refractivity contribution >= 4 is 34.0 Å². The van der Waals surface area contributed by atoms with Crippen molar-refractivity contribution in [1.29, 1.82) is 0 Å². The van der Waals surface area contributed by atoms with Gasteiger partial charge in [0, 0.05) is 53.4 Å². The van der Waals surface area contributed by atoms with E-state index in [1.54, 1.807) is 15.3 Å². The highest BCUT2D eigenvalue weighted by molar-refractivity contribution is 7.99. The molecule has 34 heavy (non-hydrogen) atoms. The first-order chi connectivity index (χ1) is 16.5. The number of pyridine rings is 2. The van der Waals surface area contributed by atoms with E-state index < -0.39 is 5.82 Å². The van der Waals surface area contributed by atoms with Gasteiger partial charge in [0.25, 0.3) is 0 Å². The molecular weight excluding hydrogens is 453 g/mol. The maximum atomic E-state index is 14.8. The monoisotopic (exact) mass is 475 g/mol. The maximum Gasteiger partial charge on any atom is 0.200 e. The van der Waals surface area contributed by atoms with Crippen molar-refractivity contribution in [2.45, 2.75) is 23.0 Å². The van der Waals surface area contributed by atoms with Crippen molar-refractivity contribution in [1.82, 2.24) is 29.4 Å². The minimum absolute atomic E-state index is 0.196. The van der Waals surface area contributed by atoms with Crippen LogP contribution in [0, 0.1) is 5.82 Å². The Balaban J connectivity index is 1.35. The van der Waals surface area contributed by atoms with Crippen LogP contribution in [0.1, 0.15) is 6.92 Å². The first-order valence-electron chi connectivity index (χ1n) is 11.0. The van der Waals surface area contributed by atoms with Gasteiger partial charge in [0.1, 0.15) is 0 Å². The molecule has 1 saturated heterocycles. The summed E-state index contributed by atoms with van der Waals surface area (Å²) in [4.78, 5) is 7.95. The van der Waals surface area contributed by atoms with E-state index in [2.05, 4.69) is 44.2 Å². The van der Waals surface area contributed by atoms with Crippen molar-refractivity contribution in [2.24, 2.45) is 7.05 Å². The van der Waals surface area contributed by atoms with Crippen LogP contribution in [-0.2, 0) is 11.8 Å². The molecule has 0 N–H and O–H groups in total. The average Bonchev–Trinajstić information content (AvgIpc) is 3.45. The topological polar surface area (TPSA) is 73.4 Å². The molecule has 0 bridgehead atoms. The highest BCUT2D eigenvalue weighted by atomic mass is 32.2. The zero-order valence-electron chi connectivity index (χ0n) is 18.7. The molecule has 6 rings (SSSR count). The summed E-state index contributed by atoms with van der Waals surface area (Å²) in [5.74, 6) is -0.423. The third-order valence-corrected chi connectivity index (χ3v) is 6.96. The van der Waals surface area contributed by atoms with E-state index in [-0.39, 0.29) is 5.65 Å². The fourth-order valence-corrected chi connectivity index (χ4v) is 5.12. The van der Waals surface area contributed by atoms with Crippen LogP contribution in [0.25, 0.3) is 27.7 Å². The summed E-state index contributed by atoms with van der Waals surface area (Å²) in [6.07, 6.45) is 7.33. The normalized spacial score (nSPS) is 16.6. The largest absolute Gasteiger partial charge is 0.377 e. The van der Waals surface area contributed by atoms with Crippen molar-refractivity contribution in [3.8, 4) is 11.1 Å². The predicted octanol–water partition coefficient (Wildman–Crippen LogP) is 4.19. The summed E-state index contributed by atoms with van der Waals surface area (Å²) >= 11 is 1.44. The molecule has 0 saturated carbocycles. The summed E-state index contributed by atoms with van der Waals surface area (Å²) in [7, 11) is 1.83. The Morgan fingerprint density at radius 1 is 1.09 bits per heavy atom. The van der Waals surface area contributed by atoms with Crippen molar-refractivity contribution in [3.05, 3.63) is 60.9 Å². The highest BCUT2D eigenvalue weighted by Crippen LogP contribution is 2.32. The Morgan fingerprint density at radius 3 is 2.82 bits per heavy atom. The fourth-order valence-electron chi connectivity index (χ4n) is 4.27. The number of hydrogen-bond acceptors (Lipinski definition) is 7. The molecule has 172 valence electrons. The number of aryl methyl sites for hydroxylation is 1. The Bertz CT molecular complexity index is 1510. The number of ether oxygens (including phenoxy) is 1. The van der Waals surface area contributed by atoms with Gasteiger partial charge in [0.2, 0.25) is 5.16 Å². The molecular formula is C24H22FN7OS. The molecule has 8 nitrogen and oxygen atoms in total. The van der Waals surface area contributed by atoms with E-state index >= 15 is 0 Å².